The maximum Gasteiger partial charge on any atom is 0.339 e. The lowest BCUT2D eigenvalue weighted by molar-refractivity contribution is 0.0476. The number of benzene rings is 2. The van der Waals surface area contributed by atoms with Crippen LogP contribution >= 0.6 is 0 Å². The van der Waals surface area contributed by atoms with Crippen molar-refractivity contribution in [2.75, 3.05) is 6.61 Å². The minimum atomic E-state index is -0.509. The summed E-state index contributed by atoms with van der Waals surface area (Å²) in [4.78, 5) is 29.6. The molecule has 0 radical (unpaired) electrons. The Morgan fingerprint density at radius 2 is 1.69 bits per heavy atom. The Morgan fingerprint density at radius 1 is 0.923 bits per heavy atom. The van der Waals surface area contributed by atoms with Gasteiger partial charge in [-0.1, -0.05) is 35.9 Å². The second-order valence-corrected chi connectivity index (χ2v) is 6.60. The van der Waals surface area contributed by atoms with E-state index in [1.807, 2.05) is 64.1 Å². The van der Waals surface area contributed by atoms with E-state index in [-0.39, 0.29) is 12.4 Å². The molecule has 4 heteroatoms. The number of hydrogen-bond acceptors (Lipinski definition) is 4. The Labute approximate surface area is 152 Å². The molecule has 0 amide bonds. The van der Waals surface area contributed by atoms with Crippen LogP contribution in [0.5, 0.6) is 0 Å². The average Bonchev–Trinajstić information content (AvgIpc) is 2.61. The number of Topliss-reactive ketones (excluding diaryl/α,β-unsaturated/α-hetero) is 1. The highest BCUT2D eigenvalue weighted by Crippen LogP contribution is 2.22. The molecule has 0 aliphatic carbocycles. The monoisotopic (exact) mass is 347 g/mol. The Morgan fingerprint density at radius 3 is 2.46 bits per heavy atom. The van der Waals surface area contributed by atoms with Gasteiger partial charge >= 0.3 is 5.97 Å². The van der Waals surface area contributed by atoms with Crippen LogP contribution in [0.1, 0.15) is 43.1 Å². The minimum Gasteiger partial charge on any atom is -0.454 e. The Bertz CT molecular complexity index is 1020. The zero-order chi connectivity index (χ0) is 18.8. The van der Waals surface area contributed by atoms with Crippen LogP contribution in [0, 0.1) is 27.7 Å². The molecular formula is C22H21NO3. The maximum atomic E-state index is 12.6. The van der Waals surface area contributed by atoms with Gasteiger partial charge in [0.15, 0.2) is 6.61 Å². The molecular weight excluding hydrogens is 326 g/mol. The van der Waals surface area contributed by atoms with Crippen LogP contribution in [-0.2, 0) is 4.74 Å². The fourth-order valence-electron chi connectivity index (χ4n) is 3.01. The molecule has 0 bridgehead atoms. The van der Waals surface area contributed by atoms with Crippen LogP contribution in [0.3, 0.4) is 0 Å². The largest absolute Gasteiger partial charge is 0.454 e. The van der Waals surface area contributed by atoms with Crippen molar-refractivity contribution in [2.45, 2.75) is 27.7 Å². The molecule has 3 rings (SSSR count). The summed E-state index contributed by atoms with van der Waals surface area (Å²) >= 11 is 0. The predicted molar refractivity (Wildman–Crippen MR) is 102 cm³/mol. The van der Waals surface area contributed by atoms with Gasteiger partial charge in [-0.05, 0) is 51.0 Å². The van der Waals surface area contributed by atoms with E-state index < -0.39 is 5.97 Å². The number of carbonyl (C=O) groups excluding carboxylic acids is 2. The summed E-state index contributed by atoms with van der Waals surface area (Å²) < 4.78 is 5.33. The minimum absolute atomic E-state index is 0.203. The van der Waals surface area contributed by atoms with Crippen LogP contribution in [0.2, 0.25) is 0 Å². The number of rotatable bonds is 4. The first-order valence-corrected chi connectivity index (χ1v) is 8.51. The molecule has 1 aromatic heterocycles. The zero-order valence-electron chi connectivity index (χ0n) is 15.4. The molecule has 0 fully saturated rings. The number of esters is 1. The lowest BCUT2D eigenvalue weighted by Gasteiger charge is -2.10. The molecule has 0 spiro atoms. The van der Waals surface area contributed by atoms with Gasteiger partial charge in [0.25, 0.3) is 0 Å². The highest BCUT2D eigenvalue weighted by Gasteiger charge is 2.17. The van der Waals surface area contributed by atoms with Crippen LogP contribution in [-0.4, -0.2) is 23.3 Å². The van der Waals surface area contributed by atoms with Crippen molar-refractivity contribution >= 4 is 22.7 Å². The molecule has 0 atom stereocenters. The third-order valence-electron chi connectivity index (χ3n) is 4.42. The molecule has 0 saturated heterocycles. The number of para-hydroxylation sites is 1. The highest BCUT2D eigenvalue weighted by atomic mass is 16.5. The summed E-state index contributed by atoms with van der Waals surface area (Å²) in [7, 11) is 0. The van der Waals surface area contributed by atoms with Crippen LogP contribution < -0.4 is 0 Å². The predicted octanol–water partition coefficient (Wildman–Crippen LogP) is 4.51. The van der Waals surface area contributed by atoms with Crippen molar-refractivity contribution in [2.24, 2.45) is 0 Å². The Hall–Kier alpha value is -3.01. The van der Waals surface area contributed by atoms with Gasteiger partial charge in [0.05, 0.1) is 11.1 Å². The molecule has 4 nitrogen and oxygen atoms in total. The molecule has 0 saturated carbocycles. The third-order valence-corrected chi connectivity index (χ3v) is 4.42. The molecule has 2 aromatic carbocycles. The summed E-state index contributed by atoms with van der Waals surface area (Å²) in [6, 6.07) is 13.0. The van der Waals surface area contributed by atoms with Crippen molar-refractivity contribution in [3.63, 3.8) is 0 Å². The van der Waals surface area contributed by atoms with E-state index in [9.17, 15) is 9.59 Å². The lowest BCUT2D eigenvalue weighted by atomic mass is 10.0. The molecule has 0 aliphatic heterocycles. The number of ether oxygens (including phenoxy) is 1. The summed E-state index contributed by atoms with van der Waals surface area (Å²) in [6.07, 6.45) is 0. The summed E-state index contributed by atoms with van der Waals surface area (Å²) in [6.45, 7) is 7.31. The smallest absolute Gasteiger partial charge is 0.339 e. The van der Waals surface area contributed by atoms with E-state index in [0.29, 0.717) is 11.1 Å². The van der Waals surface area contributed by atoms with Crippen LogP contribution in [0.15, 0.2) is 42.5 Å². The van der Waals surface area contributed by atoms with E-state index in [4.69, 9.17) is 4.74 Å². The molecule has 0 aliphatic rings. The summed E-state index contributed by atoms with van der Waals surface area (Å²) in [5.41, 5.74) is 5.40. The number of aromatic nitrogens is 1. The normalized spacial score (nSPS) is 10.8. The molecule has 1 heterocycles. The van der Waals surface area contributed by atoms with Crippen molar-refractivity contribution in [3.8, 4) is 0 Å². The van der Waals surface area contributed by atoms with Crippen molar-refractivity contribution in [1.82, 2.24) is 4.98 Å². The van der Waals surface area contributed by atoms with Gasteiger partial charge < -0.3 is 4.74 Å². The number of fused-ring (bicyclic) bond motifs is 1. The first kappa shape index (κ1) is 17.8. The standard InChI is InChI=1S/C22H21NO3/c1-13-8-9-14(2)18(10-13)20(24)12-26-22(25)19-11-16(4)23-21-15(3)6-5-7-17(19)21/h5-11H,12H2,1-4H3. The molecule has 26 heavy (non-hydrogen) atoms. The van der Waals surface area contributed by atoms with E-state index in [2.05, 4.69) is 4.98 Å². The van der Waals surface area contributed by atoms with Crippen LogP contribution in [0.25, 0.3) is 10.9 Å². The number of nitrogens with zero attached hydrogens (tertiary/aromatic N) is 1. The van der Waals surface area contributed by atoms with E-state index in [0.717, 1.165) is 33.3 Å². The Balaban J connectivity index is 1.85. The first-order chi connectivity index (χ1) is 12.4. The van der Waals surface area contributed by atoms with Gasteiger partial charge in [-0.25, -0.2) is 4.79 Å². The van der Waals surface area contributed by atoms with Gasteiger partial charge in [-0.15, -0.1) is 0 Å². The fraction of sp³-hybridized carbons (Fsp3) is 0.227. The zero-order valence-corrected chi connectivity index (χ0v) is 15.4. The van der Waals surface area contributed by atoms with E-state index >= 15 is 0 Å². The molecule has 0 unspecified atom stereocenters. The molecule has 132 valence electrons. The summed E-state index contributed by atoms with van der Waals surface area (Å²) in [5.74, 6) is -0.712. The van der Waals surface area contributed by atoms with Gasteiger partial charge in [-0.3, -0.25) is 9.78 Å². The van der Waals surface area contributed by atoms with Gasteiger partial charge in [0, 0.05) is 16.6 Å². The van der Waals surface area contributed by atoms with Gasteiger partial charge in [-0.2, -0.15) is 0 Å². The first-order valence-electron chi connectivity index (χ1n) is 8.51. The van der Waals surface area contributed by atoms with Crippen molar-refractivity contribution < 1.29 is 14.3 Å². The summed E-state index contributed by atoms with van der Waals surface area (Å²) in [5, 5.41) is 0.736. The molecule has 3 aromatic rings. The van der Waals surface area contributed by atoms with Crippen molar-refractivity contribution in [3.05, 3.63) is 76.0 Å². The number of hydrogen-bond donors (Lipinski definition) is 0. The van der Waals surface area contributed by atoms with E-state index in [1.54, 1.807) is 6.07 Å². The fourth-order valence-corrected chi connectivity index (χ4v) is 3.01. The highest BCUT2D eigenvalue weighted by molar-refractivity contribution is 6.06. The topological polar surface area (TPSA) is 56.3 Å². The Kier molecular flexibility index (Phi) is 4.85. The average molecular weight is 347 g/mol. The second-order valence-electron chi connectivity index (χ2n) is 6.60. The quantitative estimate of drug-likeness (QED) is 0.515. The van der Waals surface area contributed by atoms with Gasteiger partial charge in [0.2, 0.25) is 5.78 Å². The maximum absolute atomic E-state index is 12.6. The van der Waals surface area contributed by atoms with E-state index in [1.165, 1.54) is 0 Å². The number of carbonyl (C=O) groups is 2. The second kappa shape index (κ2) is 7.08. The third kappa shape index (κ3) is 3.49. The number of aryl methyl sites for hydroxylation is 4. The molecule has 0 N–H and O–H groups in total. The van der Waals surface area contributed by atoms with Crippen molar-refractivity contribution in [1.29, 1.82) is 0 Å². The number of ketones is 1. The SMILES string of the molecule is Cc1ccc(C)c(C(=O)COC(=O)c2cc(C)nc3c(C)cccc23)c1. The van der Waals surface area contributed by atoms with Gasteiger partial charge in [0.1, 0.15) is 0 Å². The lowest BCUT2D eigenvalue weighted by Crippen LogP contribution is -2.16. The number of pyridine rings is 1. The van der Waals surface area contributed by atoms with Crippen LogP contribution in [0.4, 0.5) is 0 Å².